The van der Waals surface area contributed by atoms with Crippen LogP contribution in [0.15, 0.2) is 224 Å². The molecule has 2 aliphatic heterocycles. The number of aromatic nitrogens is 4. The highest BCUT2D eigenvalue weighted by Gasteiger charge is 2.51. The SMILES string of the molecule is c1ccc(-c2nc(-c3ccccc3)nc(-c3cccc(-n4c5ccccc5c5cc6c(cc54)Oc4ccccc4C64c5ccccc5N(c5ccccc5)c5ccccc54)c3)n2)cc1. The highest BCUT2D eigenvalue weighted by Crippen LogP contribution is 2.63. The molecule has 64 heavy (non-hydrogen) atoms. The van der Waals surface area contributed by atoms with E-state index >= 15 is 0 Å². The summed E-state index contributed by atoms with van der Waals surface area (Å²) in [6.45, 7) is 0. The first-order valence-corrected chi connectivity index (χ1v) is 21.6. The summed E-state index contributed by atoms with van der Waals surface area (Å²) in [6.07, 6.45) is 0. The number of rotatable bonds is 5. The first-order chi connectivity index (χ1) is 31.7. The molecule has 0 bridgehead atoms. The van der Waals surface area contributed by atoms with Gasteiger partial charge in [-0.25, -0.2) is 15.0 Å². The van der Waals surface area contributed by atoms with Gasteiger partial charge < -0.3 is 14.2 Å². The summed E-state index contributed by atoms with van der Waals surface area (Å²) in [5, 5.41) is 2.29. The van der Waals surface area contributed by atoms with Crippen molar-refractivity contribution >= 4 is 38.9 Å². The molecule has 11 aromatic rings. The van der Waals surface area contributed by atoms with Gasteiger partial charge in [0.05, 0.1) is 27.8 Å². The summed E-state index contributed by atoms with van der Waals surface area (Å²) in [5.74, 6) is 3.52. The molecule has 0 atom stereocenters. The third kappa shape index (κ3) is 5.36. The van der Waals surface area contributed by atoms with Gasteiger partial charge in [-0.1, -0.05) is 164 Å². The molecule has 2 aromatic heterocycles. The van der Waals surface area contributed by atoms with Gasteiger partial charge in [0.1, 0.15) is 11.5 Å². The van der Waals surface area contributed by atoms with E-state index in [4.69, 9.17) is 19.7 Å². The van der Waals surface area contributed by atoms with Crippen LogP contribution in [0.3, 0.4) is 0 Å². The molecule has 9 aromatic carbocycles. The molecule has 300 valence electrons. The van der Waals surface area contributed by atoms with Crippen LogP contribution < -0.4 is 9.64 Å². The fraction of sp³-hybridized carbons (Fsp3) is 0.0172. The highest BCUT2D eigenvalue weighted by molar-refractivity contribution is 6.10. The summed E-state index contributed by atoms with van der Waals surface area (Å²) in [7, 11) is 0. The molecule has 0 N–H and O–H groups in total. The van der Waals surface area contributed by atoms with Crippen molar-refractivity contribution in [1.82, 2.24) is 19.5 Å². The van der Waals surface area contributed by atoms with Gasteiger partial charge in [-0.2, -0.15) is 0 Å². The maximum atomic E-state index is 7.09. The number of ether oxygens (including phenoxy) is 1. The Labute approximate surface area is 370 Å². The fourth-order valence-corrected chi connectivity index (χ4v) is 10.2. The molecule has 0 radical (unpaired) electrons. The second kappa shape index (κ2) is 14.2. The highest BCUT2D eigenvalue weighted by atomic mass is 16.5. The van der Waals surface area contributed by atoms with Crippen LogP contribution >= 0.6 is 0 Å². The zero-order valence-corrected chi connectivity index (χ0v) is 34.5. The summed E-state index contributed by atoms with van der Waals surface area (Å²) < 4.78 is 9.44. The van der Waals surface area contributed by atoms with E-state index in [1.807, 2.05) is 60.7 Å². The molecule has 0 aliphatic carbocycles. The number of fused-ring (bicyclic) bond motifs is 11. The van der Waals surface area contributed by atoms with Crippen molar-refractivity contribution in [2.45, 2.75) is 5.41 Å². The lowest BCUT2D eigenvalue weighted by Crippen LogP contribution is -2.39. The zero-order valence-electron chi connectivity index (χ0n) is 34.5. The van der Waals surface area contributed by atoms with Crippen molar-refractivity contribution in [1.29, 1.82) is 0 Å². The number of benzene rings is 9. The minimum absolute atomic E-state index is 0.605. The van der Waals surface area contributed by atoms with Crippen molar-refractivity contribution in [3.63, 3.8) is 0 Å². The number of hydrogen-bond donors (Lipinski definition) is 0. The van der Waals surface area contributed by atoms with Gasteiger partial charge in [-0.15, -0.1) is 0 Å². The topological polar surface area (TPSA) is 56.1 Å². The Hall–Kier alpha value is -8.61. The summed E-state index contributed by atoms with van der Waals surface area (Å²) in [6, 6.07) is 79.1. The van der Waals surface area contributed by atoms with Crippen LogP contribution in [-0.4, -0.2) is 19.5 Å². The Morgan fingerprint density at radius 2 is 0.859 bits per heavy atom. The number of anilines is 3. The quantitative estimate of drug-likeness (QED) is 0.173. The van der Waals surface area contributed by atoms with Crippen molar-refractivity contribution in [2.24, 2.45) is 0 Å². The first-order valence-electron chi connectivity index (χ1n) is 21.6. The number of hydrogen-bond acceptors (Lipinski definition) is 5. The average molecular weight is 820 g/mol. The van der Waals surface area contributed by atoms with Crippen molar-refractivity contribution < 1.29 is 4.74 Å². The third-order valence-corrected chi connectivity index (χ3v) is 12.9. The monoisotopic (exact) mass is 819 g/mol. The normalized spacial score (nSPS) is 13.2. The Bertz CT molecular complexity index is 3500. The van der Waals surface area contributed by atoms with Crippen molar-refractivity contribution in [2.75, 3.05) is 4.90 Å². The average Bonchev–Trinajstić information content (AvgIpc) is 3.69. The molecule has 0 fully saturated rings. The zero-order chi connectivity index (χ0) is 42.2. The first kappa shape index (κ1) is 36.1. The van der Waals surface area contributed by atoms with E-state index in [-0.39, 0.29) is 0 Å². The molecular weight excluding hydrogens is 783 g/mol. The maximum Gasteiger partial charge on any atom is 0.164 e. The van der Waals surface area contributed by atoms with E-state index in [1.54, 1.807) is 0 Å². The van der Waals surface area contributed by atoms with E-state index in [0.717, 1.165) is 83.9 Å². The Morgan fingerprint density at radius 1 is 0.344 bits per heavy atom. The van der Waals surface area contributed by atoms with Crippen LogP contribution in [0.4, 0.5) is 17.1 Å². The molecule has 0 amide bonds. The van der Waals surface area contributed by atoms with Crippen LogP contribution in [-0.2, 0) is 5.41 Å². The molecule has 0 saturated heterocycles. The lowest BCUT2D eigenvalue weighted by atomic mass is 9.61. The Morgan fingerprint density at radius 3 is 1.53 bits per heavy atom. The van der Waals surface area contributed by atoms with Crippen LogP contribution in [0, 0.1) is 0 Å². The Balaban J connectivity index is 1.05. The van der Waals surface area contributed by atoms with Gasteiger partial charge in [-0.3, -0.25) is 0 Å². The van der Waals surface area contributed by atoms with Crippen LogP contribution in [0.5, 0.6) is 11.5 Å². The molecule has 4 heterocycles. The van der Waals surface area contributed by atoms with E-state index < -0.39 is 5.41 Å². The van der Waals surface area contributed by atoms with Crippen LogP contribution in [0.2, 0.25) is 0 Å². The van der Waals surface area contributed by atoms with Gasteiger partial charge in [0.25, 0.3) is 0 Å². The largest absolute Gasteiger partial charge is 0.457 e. The van der Waals surface area contributed by atoms with Gasteiger partial charge in [0.2, 0.25) is 0 Å². The molecule has 2 aliphatic rings. The van der Waals surface area contributed by atoms with E-state index in [0.29, 0.717) is 17.5 Å². The van der Waals surface area contributed by atoms with E-state index in [1.165, 1.54) is 11.1 Å². The Kier molecular flexibility index (Phi) is 8.02. The second-order valence-electron chi connectivity index (χ2n) is 16.4. The van der Waals surface area contributed by atoms with Gasteiger partial charge in [0.15, 0.2) is 17.5 Å². The number of para-hydroxylation sites is 5. The molecule has 13 rings (SSSR count). The van der Waals surface area contributed by atoms with Crippen LogP contribution in [0.25, 0.3) is 61.7 Å². The minimum atomic E-state index is -0.689. The molecule has 1 spiro atoms. The summed E-state index contributed by atoms with van der Waals surface area (Å²) in [4.78, 5) is 17.5. The van der Waals surface area contributed by atoms with Crippen molar-refractivity contribution in [3.8, 4) is 51.3 Å². The lowest BCUT2D eigenvalue weighted by molar-refractivity contribution is 0.435. The minimum Gasteiger partial charge on any atom is -0.457 e. The predicted molar refractivity (Wildman–Crippen MR) is 257 cm³/mol. The second-order valence-corrected chi connectivity index (χ2v) is 16.4. The van der Waals surface area contributed by atoms with Gasteiger partial charge in [0, 0.05) is 56.0 Å². The van der Waals surface area contributed by atoms with E-state index in [2.05, 4.69) is 173 Å². The lowest BCUT2D eigenvalue weighted by Gasteiger charge is -2.48. The summed E-state index contributed by atoms with van der Waals surface area (Å²) in [5.41, 5.74) is 13.2. The predicted octanol–water partition coefficient (Wildman–Crippen LogP) is 14.2. The maximum absolute atomic E-state index is 7.09. The molecule has 6 nitrogen and oxygen atoms in total. The van der Waals surface area contributed by atoms with Gasteiger partial charge in [-0.05, 0) is 65.7 Å². The van der Waals surface area contributed by atoms with Gasteiger partial charge >= 0.3 is 0 Å². The van der Waals surface area contributed by atoms with Crippen LogP contribution in [0.1, 0.15) is 22.3 Å². The molecular formula is C58H37N5O. The summed E-state index contributed by atoms with van der Waals surface area (Å²) >= 11 is 0. The van der Waals surface area contributed by atoms with E-state index in [9.17, 15) is 0 Å². The molecule has 0 saturated carbocycles. The smallest absolute Gasteiger partial charge is 0.164 e. The number of nitrogens with zero attached hydrogens (tertiary/aromatic N) is 5. The molecule has 0 unspecified atom stereocenters. The third-order valence-electron chi connectivity index (χ3n) is 12.9. The fourth-order valence-electron chi connectivity index (χ4n) is 10.2. The standard InChI is InChI=1S/C58H37N5O/c1-4-19-38(20-5-1)55-59-56(39-21-6-2-7-22-39)61-57(60-55)40-23-18-26-42(35-40)63-49-31-14-10-27-43(49)44-36-48-54(37-52(44)63)64-53-34-17-13-30-47(53)58(48)45-28-11-15-32-50(45)62(41-24-8-3-9-25-41)51-33-16-12-29-46(51)58/h1-37H. The van der Waals surface area contributed by atoms with Crippen molar-refractivity contribution in [3.05, 3.63) is 247 Å². The molecule has 6 heteroatoms.